The maximum atomic E-state index is 13.4. The Kier molecular flexibility index (Phi) is 7.28. The van der Waals surface area contributed by atoms with Crippen LogP contribution in [0.15, 0.2) is 107 Å². The summed E-state index contributed by atoms with van der Waals surface area (Å²) in [5, 5.41) is 10.7. The van der Waals surface area contributed by atoms with E-state index >= 15 is 0 Å². The van der Waals surface area contributed by atoms with E-state index in [9.17, 15) is 13.2 Å². The predicted molar refractivity (Wildman–Crippen MR) is 154 cm³/mol. The average Bonchev–Trinajstić information content (AvgIpc) is 3.51. The molecule has 3 aromatic carbocycles. The molecule has 0 bridgehead atoms. The second kappa shape index (κ2) is 10.8. The van der Waals surface area contributed by atoms with Crippen molar-refractivity contribution in [1.29, 1.82) is 0 Å². The van der Waals surface area contributed by atoms with Gasteiger partial charge in [0.05, 0.1) is 27.6 Å². The Hall–Kier alpha value is -4.34. The van der Waals surface area contributed by atoms with Crippen LogP contribution < -0.4 is 5.01 Å². The lowest BCUT2D eigenvalue weighted by Gasteiger charge is -2.18. The molecule has 0 N–H and O–H groups in total. The first kappa shape index (κ1) is 26.3. The molecule has 2 heterocycles. The topological polar surface area (TPSA) is 87.9 Å². The quantitative estimate of drug-likeness (QED) is 0.282. The third-order valence-corrected chi connectivity index (χ3v) is 8.62. The highest BCUT2D eigenvalue weighted by Gasteiger charge is 2.29. The molecule has 4 aromatic rings. The van der Waals surface area contributed by atoms with Gasteiger partial charge in [0, 0.05) is 30.4 Å². The van der Waals surface area contributed by atoms with Crippen molar-refractivity contribution in [3.63, 3.8) is 0 Å². The molecule has 0 atom stereocenters. The Labute approximate surface area is 228 Å². The van der Waals surface area contributed by atoms with E-state index in [1.807, 2.05) is 86.8 Å². The van der Waals surface area contributed by atoms with Crippen molar-refractivity contribution in [3.05, 3.63) is 102 Å². The molecular weight excluding hydrogens is 510 g/mol. The van der Waals surface area contributed by atoms with E-state index in [0.717, 1.165) is 5.69 Å². The number of hydrogen-bond acceptors (Lipinski definition) is 5. The highest BCUT2D eigenvalue weighted by atomic mass is 32.2. The summed E-state index contributed by atoms with van der Waals surface area (Å²) in [6, 6.07) is 25.7. The zero-order valence-corrected chi connectivity index (χ0v) is 22.8. The van der Waals surface area contributed by atoms with Crippen LogP contribution in [-0.2, 0) is 14.8 Å². The molecular formula is C30H29N5O3S. The Morgan fingerprint density at radius 3 is 2.15 bits per heavy atom. The van der Waals surface area contributed by atoms with Crippen molar-refractivity contribution in [2.45, 2.75) is 25.7 Å². The van der Waals surface area contributed by atoms with E-state index in [2.05, 4.69) is 5.10 Å². The fourth-order valence-corrected chi connectivity index (χ4v) is 6.04. The van der Waals surface area contributed by atoms with Gasteiger partial charge in [-0.05, 0) is 49.4 Å². The minimum Gasteiger partial charge on any atom is -0.267 e. The molecule has 1 aliphatic heterocycles. The Morgan fingerprint density at radius 1 is 0.872 bits per heavy atom. The van der Waals surface area contributed by atoms with E-state index in [1.54, 1.807) is 35.9 Å². The Balaban J connectivity index is 1.62. The lowest BCUT2D eigenvalue weighted by atomic mass is 10.0. The second-order valence-corrected chi connectivity index (χ2v) is 11.0. The van der Waals surface area contributed by atoms with Crippen LogP contribution in [0.2, 0.25) is 0 Å². The molecule has 198 valence electrons. The molecule has 1 amide bonds. The molecule has 8 nitrogen and oxygen atoms in total. The maximum Gasteiger partial charge on any atom is 0.280 e. The summed E-state index contributed by atoms with van der Waals surface area (Å²) in [6.45, 7) is 6.19. The Morgan fingerprint density at radius 2 is 1.51 bits per heavy atom. The van der Waals surface area contributed by atoms with Crippen molar-refractivity contribution >= 4 is 33.4 Å². The van der Waals surface area contributed by atoms with Gasteiger partial charge >= 0.3 is 0 Å². The van der Waals surface area contributed by atoms with Gasteiger partial charge in [0.2, 0.25) is 10.0 Å². The number of para-hydroxylation sites is 2. The first-order valence-electron chi connectivity index (χ1n) is 12.8. The van der Waals surface area contributed by atoms with Gasteiger partial charge in [0.15, 0.2) is 0 Å². The molecule has 9 heteroatoms. The highest BCUT2D eigenvalue weighted by molar-refractivity contribution is 7.89. The largest absolute Gasteiger partial charge is 0.280 e. The highest BCUT2D eigenvalue weighted by Crippen LogP contribution is 2.31. The fourth-order valence-electron chi connectivity index (χ4n) is 4.53. The minimum absolute atomic E-state index is 0.196. The normalized spacial score (nSPS) is 14.9. The van der Waals surface area contributed by atoms with Gasteiger partial charge in [-0.2, -0.15) is 19.5 Å². The summed E-state index contributed by atoms with van der Waals surface area (Å²) in [6.07, 6.45) is 3.62. The summed E-state index contributed by atoms with van der Waals surface area (Å²) < 4.78 is 29.6. The van der Waals surface area contributed by atoms with Crippen molar-refractivity contribution in [1.82, 2.24) is 14.1 Å². The molecule has 0 aliphatic carbocycles. The SMILES string of the molecule is CCN(CC)S(=O)(=O)c1cccc(-c2nn(-c3ccccc3)cc2/C=C2\C(=O)N(c3ccccc3)N=C2C)c1. The van der Waals surface area contributed by atoms with Gasteiger partial charge < -0.3 is 0 Å². The van der Waals surface area contributed by atoms with Crippen molar-refractivity contribution < 1.29 is 13.2 Å². The van der Waals surface area contributed by atoms with Crippen molar-refractivity contribution in [2.75, 3.05) is 18.1 Å². The lowest BCUT2D eigenvalue weighted by molar-refractivity contribution is -0.114. The smallest absolute Gasteiger partial charge is 0.267 e. The van der Waals surface area contributed by atoms with Crippen LogP contribution in [0.25, 0.3) is 23.0 Å². The molecule has 0 radical (unpaired) electrons. The average molecular weight is 540 g/mol. The van der Waals surface area contributed by atoms with E-state index in [-0.39, 0.29) is 10.8 Å². The molecule has 0 saturated heterocycles. The number of hydrogen-bond donors (Lipinski definition) is 0. The zero-order chi connectivity index (χ0) is 27.6. The molecule has 39 heavy (non-hydrogen) atoms. The molecule has 1 aliphatic rings. The molecule has 5 rings (SSSR count). The number of anilines is 1. The third-order valence-electron chi connectivity index (χ3n) is 6.58. The van der Waals surface area contributed by atoms with Crippen molar-refractivity contribution in [2.24, 2.45) is 5.10 Å². The number of hydrazone groups is 1. The fraction of sp³-hybridized carbons (Fsp3) is 0.167. The molecule has 1 aromatic heterocycles. The van der Waals surface area contributed by atoms with E-state index in [4.69, 9.17) is 5.10 Å². The number of carbonyl (C=O) groups is 1. The summed E-state index contributed by atoms with van der Waals surface area (Å²) in [5.74, 6) is -0.241. The van der Waals surface area contributed by atoms with Crippen LogP contribution in [-0.4, -0.2) is 47.2 Å². The van der Waals surface area contributed by atoms with Crippen molar-refractivity contribution in [3.8, 4) is 16.9 Å². The molecule has 0 saturated carbocycles. The number of carbonyl (C=O) groups excluding carboxylic acids is 1. The first-order valence-corrected chi connectivity index (χ1v) is 14.2. The molecule has 0 fully saturated rings. The van der Waals surface area contributed by atoms with Crippen LogP contribution in [0.4, 0.5) is 5.69 Å². The predicted octanol–water partition coefficient (Wildman–Crippen LogP) is 5.38. The van der Waals surface area contributed by atoms with E-state index in [0.29, 0.717) is 46.9 Å². The number of aromatic nitrogens is 2. The lowest BCUT2D eigenvalue weighted by Crippen LogP contribution is -2.30. The van der Waals surface area contributed by atoms with Gasteiger partial charge in [-0.25, -0.2) is 13.1 Å². The summed E-state index contributed by atoms with van der Waals surface area (Å²) in [4.78, 5) is 13.6. The van der Waals surface area contributed by atoms with Crippen LogP contribution in [0.5, 0.6) is 0 Å². The number of sulfonamides is 1. The van der Waals surface area contributed by atoms with Gasteiger partial charge in [0.1, 0.15) is 5.69 Å². The number of rotatable bonds is 8. The number of amides is 1. The third kappa shape index (κ3) is 5.06. The van der Waals surface area contributed by atoms with E-state index in [1.165, 1.54) is 9.31 Å². The van der Waals surface area contributed by atoms with Gasteiger partial charge in [-0.15, -0.1) is 0 Å². The molecule has 0 spiro atoms. The summed E-state index contributed by atoms with van der Waals surface area (Å²) in [5.41, 5.74) is 4.40. The number of nitrogens with zero attached hydrogens (tertiary/aromatic N) is 5. The van der Waals surface area contributed by atoms with Crippen LogP contribution in [0, 0.1) is 0 Å². The van der Waals surface area contributed by atoms with Gasteiger partial charge in [-0.1, -0.05) is 62.4 Å². The first-order chi connectivity index (χ1) is 18.8. The van der Waals surface area contributed by atoms with E-state index < -0.39 is 10.0 Å². The summed E-state index contributed by atoms with van der Waals surface area (Å²) in [7, 11) is -3.66. The molecule has 0 unspecified atom stereocenters. The maximum absolute atomic E-state index is 13.4. The number of benzene rings is 3. The Bertz CT molecular complexity index is 1670. The van der Waals surface area contributed by atoms with Crippen LogP contribution >= 0.6 is 0 Å². The van der Waals surface area contributed by atoms with Crippen LogP contribution in [0.1, 0.15) is 26.3 Å². The zero-order valence-electron chi connectivity index (χ0n) is 22.0. The van der Waals surface area contributed by atoms with Gasteiger partial charge in [-0.3, -0.25) is 4.79 Å². The summed E-state index contributed by atoms with van der Waals surface area (Å²) >= 11 is 0. The minimum atomic E-state index is -3.66. The second-order valence-electron chi connectivity index (χ2n) is 9.03. The monoisotopic (exact) mass is 539 g/mol. The standard InChI is InChI=1S/C30H29N5O3S/c1-4-33(5-2)39(37,38)27-18-12-13-23(19-27)29-24(21-34(32-29)25-14-8-6-9-15-25)20-28-22(3)31-35(30(28)36)26-16-10-7-11-17-26/h6-21H,4-5H2,1-3H3/b28-20-. The van der Waals surface area contributed by atoms with Gasteiger partial charge in [0.25, 0.3) is 5.91 Å². The van der Waals surface area contributed by atoms with Crippen LogP contribution in [0.3, 0.4) is 0 Å².